The third kappa shape index (κ3) is 1.75. The Hall–Kier alpha value is -1.35. The Morgan fingerprint density at radius 3 is 2.41 bits per heavy atom. The van der Waals surface area contributed by atoms with Gasteiger partial charge in [0.1, 0.15) is 0 Å². The maximum absolute atomic E-state index is 11.8. The highest BCUT2D eigenvalue weighted by Gasteiger charge is 2.45. The molecule has 0 saturated heterocycles. The molecule has 0 saturated carbocycles. The van der Waals surface area contributed by atoms with Crippen molar-refractivity contribution in [3.05, 3.63) is 34.9 Å². The lowest BCUT2D eigenvalue weighted by Crippen LogP contribution is -2.23. The van der Waals surface area contributed by atoms with Crippen molar-refractivity contribution in [1.29, 1.82) is 0 Å². The molecule has 1 aliphatic heterocycles. The molecule has 0 aromatic heterocycles. The van der Waals surface area contributed by atoms with E-state index < -0.39 is 5.60 Å². The van der Waals surface area contributed by atoms with Gasteiger partial charge in [-0.1, -0.05) is 12.1 Å². The van der Waals surface area contributed by atoms with E-state index in [0.29, 0.717) is 5.56 Å². The monoisotopic (exact) mass is 234 g/mol. The van der Waals surface area contributed by atoms with Crippen LogP contribution in [0.15, 0.2) is 18.2 Å². The fraction of sp³-hybridized carbons (Fsp3) is 0.500. The molecule has 17 heavy (non-hydrogen) atoms. The molecule has 1 aromatic carbocycles. The minimum absolute atomic E-state index is 0.309. The largest absolute Gasteiger partial charge is 0.465 e. The number of carbonyl (C=O) groups is 1. The normalized spacial score (nSPS) is 19.8. The molecular formula is C14H18O3. The summed E-state index contributed by atoms with van der Waals surface area (Å²) in [5.74, 6) is -0.309. The second-order valence-electron chi connectivity index (χ2n) is 5.34. The summed E-state index contributed by atoms with van der Waals surface area (Å²) >= 11 is 0. The van der Waals surface area contributed by atoms with Crippen molar-refractivity contribution in [3.8, 4) is 0 Å². The van der Waals surface area contributed by atoms with Crippen molar-refractivity contribution < 1.29 is 14.3 Å². The molecule has 3 nitrogen and oxygen atoms in total. The van der Waals surface area contributed by atoms with Crippen molar-refractivity contribution in [3.63, 3.8) is 0 Å². The van der Waals surface area contributed by atoms with Gasteiger partial charge in [-0.15, -0.1) is 0 Å². The lowest BCUT2D eigenvalue weighted by molar-refractivity contribution is -0.105. The summed E-state index contributed by atoms with van der Waals surface area (Å²) in [5, 5.41) is 0. The number of hydrogen-bond donors (Lipinski definition) is 0. The standard InChI is InChI=1S/C14H18O3/c1-13(2)10-8-6-7-9(12(15)16-5)11(10)14(3,4)17-13/h6-8H,1-5H3. The molecule has 92 valence electrons. The second kappa shape index (κ2) is 3.57. The smallest absolute Gasteiger partial charge is 0.338 e. The van der Waals surface area contributed by atoms with Gasteiger partial charge in [-0.05, 0) is 39.3 Å². The molecule has 0 aliphatic carbocycles. The first-order valence-electron chi connectivity index (χ1n) is 5.72. The Kier molecular flexibility index (Phi) is 2.54. The van der Waals surface area contributed by atoms with E-state index in [4.69, 9.17) is 9.47 Å². The van der Waals surface area contributed by atoms with Crippen LogP contribution in [0.2, 0.25) is 0 Å². The number of methoxy groups -OCH3 is 1. The highest BCUT2D eigenvalue weighted by atomic mass is 16.5. The minimum atomic E-state index is -0.469. The first-order chi connectivity index (χ1) is 7.79. The SMILES string of the molecule is COC(=O)c1cccc2c1C(C)(C)OC2(C)C. The zero-order chi connectivity index (χ0) is 12.8. The first kappa shape index (κ1) is 12.1. The van der Waals surface area contributed by atoms with E-state index in [0.717, 1.165) is 11.1 Å². The number of benzene rings is 1. The van der Waals surface area contributed by atoms with Crippen molar-refractivity contribution >= 4 is 5.97 Å². The predicted molar refractivity (Wildman–Crippen MR) is 64.9 cm³/mol. The molecule has 1 heterocycles. The van der Waals surface area contributed by atoms with Crippen LogP contribution in [-0.2, 0) is 20.7 Å². The number of carbonyl (C=O) groups excluding carboxylic acids is 1. The molecule has 0 amide bonds. The van der Waals surface area contributed by atoms with Gasteiger partial charge in [-0.25, -0.2) is 4.79 Å². The molecular weight excluding hydrogens is 216 g/mol. The fourth-order valence-electron chi connectivity index (χ4n) is 2.73. The molecule has 0 bridgehead atoms. The third-order valence-corrected chi connectivity index (χ3v) is 3.23. The Morgan fingerprint density at radius 2 is 1.82 bits per heavy atom. The maximum atomic E-state index is 11.8. The number of rotatable bonds is 1. The third-order valence-electron chi connectivity index (χ3n) is 3.23. The maximum Gasteiger partial charge on any atom is 0.338 e. The van der Waals surface area contributed by atoms with Crippen LogP contribution in [0.3, 0.4) is 0 Å². The van der Waals surface area contributed by atoms with Gasteiger partial charge >= 0.3 is 5.97 Å². The van der Waals surface area contributed by atoms with E-state index in [1.54, 1.807) is 6.07 Å². The van der Waals surface area contributed by atoms with E-state index in [1.807, 2.05) is 39.8 Å². The van der Waals surface area contributed by atoms with Crippen LogP contribution in [0.4, 0.5) is 0 Å². The van der Waals surface area contributed by atoms with Gasteiger partial charge in [0.25, 0.3) is 0 Å². The second-order valence-corrected chi connectivity index (χ2v) is 5.34. The predicted octanol–water partition coefficient (Wildman–Crippen LogP) is 2.97. The number of esters is 1. The molecule has 2 rings (SSSR count). The minimum Gasteiger partial charge on any atom is -0.465 e. The van der Waals surface area contributed by atoms with E-state index in [-0.39, 0.29) is 11.6 Å². The average molecular weight is 234 g/mol. The molecule has 0 fully saturated rings. The van der Waals surface area contributed by atoms with Gasteiger partial charge in [0.2, 0.25) is 0 Å². The van der Waals surface area contributed by atoms with Crippen LogP contribution in [0.1, 0.15) is 49.2 Å². The van der Waals surface area contributed by atoms with Gasteiger partial charge in [0, 0.05) is 5.56 Å². The summed E-state index contributed by atoms with van der Waals surface area (Å²) in [6.45, 7) is 7.99. The molecule has 1 aromatic rings. The molecule has 3 heteroatoms. The summed E-state index contributed by atoms with van der Waals surface area (Å²) in [7, 11) is 1.40. The van der Waals surface area contributed by atoms with Crippen molar-refractivity contribution in [2.45, 2.75) is 38.9 Å². The van der Waals surface area contributed by atoms with Crippen molar-refractivity contribution in [2.24, 2.45) is 0 Å². The lowest BCUT2D eigenvalue weighted by atomic mass is 9.87. The molecule has 0 N–H and O–H groups in total. The summed E-state index contributed by atoms with van der Waals surface area (Å²) < 4.78 is 10.9. The van der Waals surface area contributed by atoms with Crippen LogP contribution >= 0.6 is 0 Å². The average Bonchev–Trinajstić information content (AvgIpc) is 2.44. The highest BCUT2D eigenvalue weighted by molar-refractivity contribution is 5.92. The fourth-order valence-corrected chi connectivity index (χ4v) is 2.73. The number of ether oxygens (including phenoxy) is 2. The van der Waals surface area contributed by atoms with Crippen molar-refractivity contribution in [2.75, 3.05) is 7.11 Å². The Balaban J connectivity index is 2.70. The number of hydrogen-bond acceptors (Lipinski definition) is 3. The number of fused-ring (bicyclic) bond motifs is 1. The van der Waals surface area contributed by atoms with Crippen LogP contribution < -0.4 is 0 Å². The molecule has 0 radical (unpaired) electrons. The topological polar surface area (TPSA) is 35.5 Å². The molecule has 1 aliphatic rings. The zero-order valence-corrected chi connectivity index (χ0v) is 11.0. The first-order valence-corrected chi connectivity index (χ1v) is 5.72. The van der Waals surface area contributed by atoms with Crippen LogP contribution in [-0.4, -0.2) is 13.1 Å². The summed E-state index contributed by atoms with van der Waals surface area (Å²) in [5.41, 5.74) is 1.76. The highest BCUT2D eigenvalue weighted by Crippen LogP contribution is 2.47. The van der Waals surface area contributed by atoms with Crippen LogP contribution in [0, 0.1) is 0 Å². The molecule has 0 unspecified atom stereocenters. The molecule has 0 spiro atoms. The van der Waals surface area contributed by atoms with Gasteiger partial charge < -0.3 is 9.47 Å². The Bertz CT molecular complexity index is 472. The van der Waals surface area contributed by atoms with Gasteiger partial charge in [0.15, 0.2) is 0 Å². The summed E-state index contributed by atoms with van der Waals surface area (Å²) in [6.07, 6.45) is 0. The van der Waals surface area contributed by atoms with Crippen molar-refractivity contribution in [1.82, 2.24) is 0 Å². The van der Waals surface area contributed by atoms with Gasteiger partial charge in [0.05, 0.1) is 23.9 Å². The van der Waals surface area contributed by atoms with E-state index in [9.17, 15) is 4.79 Å². The Morgan fingerprint density at radius 1 is 1.18 bits per heavy atom. The van der Waals surface area contributed by atoms with Gasteiger partial charge in [-0.3, -0.25) is 0 Å². The van der Waals surface area contributed by atoms with E-state index >= 15 is 0 Å². The summed E-state index contributed by atoms with van der Waals surface area (Å²) in [4.78, 5) is 11.8. The Labute approximate surface area is 102 Å². The van der Waals surface area contributed by atoms with Crippen LogP contribution in [0.5, 0.6) is 0 Å². The quantitative estimate of drug-likeness (QED) is 0.701. The summed E-state index contributed by atoms with van der Waals surface area (Å²) in [6, 6.07) is 5.67. The van der Waals surface area contributed by atoms with Crippen LogP contribution in [0.25, 0.3) is 0 Å². The van der Waals surface area contributed by atoms with Gasteiger partial charge in [-0.2, -0.15) is 0 Å². The zero-order valence-electron chi connectivity index (χ0n) is 11.0. The van der Waals surface area contributed by atoms with E-state index in [2.05, 4.69) is 0 Å². The lowest BCUT2D eigenvalue weighted by Gasteiger charge is -2.25. The molecule has 0 atom stereocenters. The van der Waals surface area contributed by atoms with E-state index in [1.165, 1.54) is 7.11 Å².